The maximum absolute atomic E-state index is 11.2. The predicted molar refractivity (Wildman–Crippen MR) is 110 cm³/mol. The summed E-state index contributed by atoms with van der Waals surface area (Å²) < 4.78 is 5.86. The first-order valence-corrected chi connectivity index (χ1v) is 9.91. The Balaban J connectivity index is 1.84. The van der Waals surface area contributed by atoms with E-state index in [1.807, 2.05) is 54.6 Å². The number of rotatable bonds is 13. The zero-order valence-electron chi connectivity index (χ0n) is 16.2. The van der Waals surface area contributed by atoms with Crippen molar-refractivity contribution in [3.8, 4) is 5.75 Å². The van der Waals surface area contributed by atoms with E-state index in [9.17, 15) is 14.7 Å². The third-order valence-electron chi connectivity index (χ3n) is 4.58. The summed E-state index contributed by atoms with van der Waals surface area (Å²) in [6, 6.07) is 16.6. The van der Waals surface area contributed by atoms with Crippen LogP contribution in [-0.2, 0) is 4.79 Å². The van der Waals surface area contributed by atoms with Crippen molar-refractivity contribution in [3.63, 3.8) is 0 Å². The van der Waals surface area contributed by atoms with Gasteiger partial charge in [-0.2, -0.15) is 0 Å². The van der Waals surface area contributed by atoms with E-state index in [1.54, 1.807) is 0 Å². The highest BCUT2D eigenvalue weighted by molar-refractivity contribution is 5.66. The molecule has 0 radical (unpaired) electrons. The van der Waals surface area contributed by atoms with Crippen molar-refractivity contribution in [2.75, 3.05) is 6.61 Å². The molecule has 2 aromatic carbocycles. The molecular weight excluding hydrogens is 354 g/mol. The molecule has 1 atom stereocenters. The van der Waals surface area contributed by atoms with Crippen LogP contribution >= 0.6 is 0 Å². The molecule has 0 aliphatic rings. The van der Waals surface area contributed by atoms with Gasteiger partial charge in [-0.05, 0) is 36.1 Å². The smallest absolute Gasteiger partial charge is 0.405 e. The van der Waals surface area contributed by atoms with Crippen LogP contribution < -0.4 is 10.1 Å². The largest absolute Gasteiger partial charge is 0.494 e. The summed E-state index contributed by atoms with van der Waals surface area (Å²) in [4.78, 5) is 21.5. The molecule has 0 bridgehead atoms. The number of amides is 1. The molecule has 28 heavy (non-hydrogen) atoms. The van der Waals surface area contributed by atoms with E-state index in [1.165, 1.54) is 0 Å². The first-order chi connectivity index (χ1) is 13.7. The fourth-order valence-electron chi connectivity index (χ4n) is 3.14. The Hall–Kier alpha value is -2.82. The summed E-state index contributed by atoms with van der Waals surface area (Å²) in [5, 5.41) is 11.8. The van der Waals surface area contributed by atoms with Crippen molar-refractivity contribution in [1.82, 2.24) is 5.32 Å². The van der Waals surface area contributed by atoms with Crippen molar-refractivity contribution in [3.05, 3.63) is 65.7 Å². The van der Waals surface area contributed by atoms with Gasteiger partial charge >= 0.3 is 6.09 Å². The van der Waals surface area contributed by atoms with Crippen molar-refractivity contribution >= 4 is 12.4 Å². The lowest BCUT2D eigenvalue weighted by molar-refractivity contribution is -0.107. The summed E-state index contributed by atoms with van der Waals surface area (Å²) in [5.74, 6) is 0.747. The average molecular weight is 383 g/mol. The number of hydrogen-bond acceptors (Lipinski definition) is 3. The minimum absolute atomic E-state index is 0.436. The third-order valence-corrected chi connectivity index (χ3v) is 4.58. The summed E-state index contributed by atoms with van der Waals surface area (Å²) >= 11 is 0. The molecule has 0 aliphatic carbocycles. The Kier molecular flexibility index (Phi) is 9.62. The molecule has 5 heteroatoms. The van der Waals surface area contributed by atoms with Crippen LogP contribution in [0.4, 0.5) is 4.79 Å². The van der Waals surface area contributed by atoms with E-state index in [4.69, 9.17) is 4.74 Å². The number of carbonyl (C=O) groups is 2. The van der Waals surface area contributed by atoms with Gasteiger partial charge in [-0.25, -0.2) is 4.79 Å². The molecule has 1 amide bonds. The fraction of sp³-hybridized carbons (Fsp3) is 0.391. The van der Waals surface area contributed by atoms with Crippen LogP contribution in [0.3, 0.4) is 0 Å². The molecule has 0 aliphatic heterocycles. The van der Waals surface area contributed by atoms with Crippen LogP contribution in [0, 0.1) is 0 Å². The molecule has 0 saturated heterocycles. The lowest BCUT2D eigenvalue weighted by Crippen LogP contribution is -2.27. The number of unbranched alkanes of at least 4 members (excludes halogenated alkanes) is 6. The van der Waals surface area contributed by atoms with Crippen LogP contribution in [0.2, 0.25) is 0 Å². The van der Waals surface area contributed by atoms with Crippen LogP contribution in [-0.4, -0.2) is 24.1 Å². The summed E-state index contributed by atoms with van der Waals surface area (Å²) in [7, 11) is 0. The molecule has 150 valence electrons. The molecule has 0 heterocycles. The summed E-state index contributed by atoms with van der Waals surface area (Å²) in [6.07, 6.45) is 7.08. The SMILES string of the molecule is O=CCCCCCCCCOc1cccc(C(NC(=O)O)c2ccccc2)c1. The van der Waals surface area contributed by atoms with Crippen LogP contribution in [0.1, 0.15) is 62.1 Å². The molecule has 5 nitrogen and oxygen atoms in total. The van der Waals surface area contributed by atoms with Gasteiger partial charge in [-0.1, -0.05) is 68.1 Å². The van der Waals surface area contributed by atoms with Crippen molar-refractivity contribution < 1.29 is 19.4 Å². The summed E-state index contributed by atoms with van der Waals surface area (Å²) in [6.45, 7) is 0.639. The topological polar surface area (TPSA) is 75.6 Å². The minimum Gasteiger partial charge on any atom is -0.494 e. The molecule has 0 saturated carbocycles. The van der Waals surface area contributed by atoms with Gasteiger partial charge in [0.1, 0.15) is 12.0 Å². The number of carbonyl (C=O) groups excluding carboxylic acids is 1. The first kappa shape index (κ1) is 21.5. The third kappa shape index (κ3) is 7.82. The van der Waals surface area contributed by atoms with Crippen LogP contribution in [0.5, 0.6) is 5.75 Å². The molecule has 2 N–H and O–H groups in total. The fourth-order valence-corrected chi connectivity index (χ4v) is 3.14. The monoisotopic (exact) mass is 383 g/mol. The average Bonchev–Trinajstić information content (AvgIpc) is 2.71. The van der Waals surface area contributed by atoms with Crippen molar-refractivity contribution in [2.45, 2.75) is 51.0 Å². The lowest BCUT2D eigenvalue weighted by atomic mass is 9.98. The second kappa shape index (κ2) is 12.5. The second-order valence-corrected chi connectivity index (χ2v) is 6.79. The molecule has 0 aromatic heterocycles. The van der Waals surface area contributed by atoms with E-state index >= 15 is 0 Å². The Morgan fingerprint density at radius 1 is 0.929 bits per heavy atom. The maximum Gasteiger partial charge on any atom is 0.405 e. The van der Waals surface area contributed by atoms with Gasteiger partial charge in [-0.3, -0.25) is 0 Å². The second-order valence-electron chi connectivity index (χ2n) is 6.79. The number of carboxylic acid groups (broad SMARTS) is 1. The van der Waals surface area contributed by atoms with Crippen molar-refractivity contribution in [2.24, 2.45) is 0 Å². The standard InChI is InChI=1S/C23H29NO4/c25-16-9-4-2-1-3-5-10-17-28-21-15-11-14-20(18-21)22(24-23(26)27)19-12-7-6-8-13-19/h6-8,11-16,18,22,24H,1-5,9-10,17H2,(H,26,27). The molecule has 1 unspecified atom stereocenters. The van der Waals surface area contributed by atoms with Gasteiger partial charge in [0.05, 0.1) is 12.6 Å². The van der Waals surface area contributed by atoms with Crippen LogP contribution in [0.25, 0.3) is 0 Å². The summed E-state index contributed by atoms with van der Waals surface area (Å²) in [5.41, 5.74) is 1.73. The highest BCUT2D eigenvalue weighted by atomic mass is 16.5. The van der Waals surface area contributed by atoms with Crippen LogP contribution in [0.15, 0.2) is 54.6 Å². The zero-order chi connectivity index (χ0) is 20.0. The van der Waals surface area contributed by atoms with E-state index < -0.39 is 12.1 Å². The normalized spacial score (nSPS) is 11.6. The van der Waals surface area contributed by atoms with E-state index in [0.717, 1.165) is 61.7 Å². The highest BCUT2D eigenvalue weighted by Crippen LogP contribution is 2.25. The maximum atomic E-state index is 11.2. The predicted octanol–water partition coefficient (Wildman–Crippen LogP) is 5.35. The molecule has 0 spiro atoms. The first-order valence-electron chi connectivity index (χ1n) is 9.91. The number of nitrogens with one attached hydrogen (secondary N) is 1. The number of aldehydes is 1. The van der Waals surface area contributed by atoms with Gasteiger partial charge in [0, 0.05) is 6.42 Å². The number of ether oxygens (including phenoxy) is 1. The zero-order valence-corrected chi connectivity index (χ0v) is 16.2. The minimum atomic E-state index is -1.06. The Labute approximate surface area is 166 Å². The van der Waals surface area contributed by atoms with Gasteiger partial charge in [0.25, 0.3) is 0 Å². The Bertz CT molecular complexity index is 718. The molecule has 2 rings (SSSR count). The number of hydrogen-bond donors (Lipinski definition) is 2. The molecule has 0 fully saturated rings. The molecule has 2 aromatic rings. The van der Waals surface area contributed by atoms with Gasteiger partial charge < -0.3 is 20.0 Å². The Morgan fingerprint density at radius 2 is 1.61 bits per heavy atom. The van der Waals surface area contributed by atoms with E-state index in [-0.39, 0.29) is 0 Å². The van der Waals surface area contributed by atoms with E-state index in [0.29, 0.717) is 13.0 Å². The number of benzene rings is 2. The van der Waals surface area contributed by atoms with E-state index in [2.05, 4.69) is 5.32 Å². The molecular formula is C23H29NO4. The lowest BCUT2D eigenvalue weighted by Gasteiger charge is -2.19. The van der Waals surface area contributed by atoms with Gasteiger partial charge in [-0.15, -0.1) is 0 Å². The van der Waals surface area contributed by atoms with Gasteiger partial charge in [0.15, 0.2) is 0 Å². The van der Waals surface area contributed by atoms with Crippen molar-refractivity contribution in [1.29, 1.82) is 0 Å². The van der Waals surface area contributed by atoms with Gasteiger partial charge in [0.2, 0.25) is 0 Å². The highest BCUT2D eigenvalue weighted by Gasteiger charge is 2.16. The Morgan fingerprint density at radius 3 is 2.32 bits per heavy atom. The quantitative estimate of drug-likeness (QED) is 0.361.